The minimum absolute atomic E-state index is 0.0149. The number of carbonyl (C=O) groups is 1. The van der Waals surface area contributed by atoms with Crippen LogP contribution in [-0.4, -0.2) is 25.2 Å². The number of benzene rings is 1. The summed E-state index contributed by atoms with van der Waals surface area (Å²) in [4.78, 5) is 11.9. The zero-order valence-corrected chi connectivity index (χ0v) is 9.41. The van der Waals surface area contributed by atoms with Crippen molar-refractivity contribution in [2.24, 2.45) is 0 Å². The SMILES string of the molecule is Nc1ccc(F)cc1C(=O)NC1CCCOC1. The van der Waals surface area contributed by atoms with Crippen LogP contribution in [-0.2, 0) is 4.74 Å². The van der Waals surface area contributed by atoms with E-state index < -0.39 is 5.82 Å². The first-order chi connectivity index (χ1) is 8.16. The zero-order valence-electron chi connectivity index (χ0n) is 9.41. The predicted molar refractivity (Wildman–Crippen MR) is 62.1 cm³/mol. The van der Waals surface area contributed by atoms with E-state index in [1.165, 1.54) is 12.1 Å². The number of halogens is 1. The lowest BCUT2D eigenvalue weighted by Gasteiger charge is -2.23. The Kier molecular flexibility index (Phi) is 3.58. The zero-order chi connectivity index (χ0) is 12.3. The maximum atomic E-state index is 13.0. The van der Waals surface area contributed by atoms with Gasteiger partial charge in [-0.05, 0) is 31.0 Å². The molecule has 5 heteroatoms. The number of hydrogen-bond donors (Lipinski definition) is 2. The highest BCUT2D eigenvalue weighted by molar-refractivity contribution is 5.99. The van der Waals surface area contributed by atoms with Gasteiger partial charge >= 0.3 is 0 Å². The van der Waals surface area contributed by atoms with Gasteiger partial charge in [-0.25, -0.2) is 4.39 Å². The number of amides is 1. The number of nitrogen functional groups attached to an aromatic ring is 1. The van der Waals surface area contributed by atoms with E-state index in [1.807, 2.05) is 0 Å². The number of rotatable bonds is 2. The minimum atomic E-state index is -0.468. The minimum Gasteiger partial charge on any atom is -0.398 e. The highest BCUT2D eigenvalue weighted by Gasteiger charge is 2.18. The molecule has 1 aromatic rings. The van der Waals surface area contributed by atoms with Gasteiger partial charge in [0.2, 0.25) is 0 Å². The molecule has 3 N–H and O–H groups in total. The van der Waals surface area contributed by atoms with Crippen LogP contribution in [0.5, 0.6) is 0 Å². The molecular formula is C12H15FN2O2. The molecular weight excluding hydrogens is 223 g/mol. The normalized spacial score (nSPS) is 19.9. The Morgan fingerprint density at radius 3 is 3.06 bits per heavy atom. The molecule has 1 fully saturated rings. The van der Waals surface area contributed by atoms with E-state index in [-0.39, 0.29) is 23.2 Å². The molecule has 1 aromatic carbocycles. The summed E-state index contributed by atoms with van der Waals surface area (Å²) in [6, 6.07) is 3.75. The number of anilines is 1. The lowest BCUT2D eigenvalue weighted by Crippen LogP contribution is -2.40. The Labute approximate surface area is 98.9 Å². The summed E-state index contributed by atoms with van der Waals surface area (Å²) < 4.78 is 18.3. The first-order valence-electron chi connectivity index (χ1n) is 5.60. The Morgan fingerprint density at radius 1 is 1.53 bits per heavy atom. The summed E-state index contributed by atoms with van der Waals surface area (Å²) in [6.07, 6.45) is 1.80. The average molecular weight is 238 g/mol. The molecule has 1 atom stereocenters. The first kappa shape index (κ1) is 11.9. The Morgan fingerprint density at radius 2 is 2.35 bits per heavy atom. The van der Waals surface area contributed by atoms with Gasteiger partial charge in [-0.3, -0.25) is 4.79 Å². The van der Waals surface area contributed by atoms with Crippen molar-refractivity contribution in [3.63, 3.8) is 0 Å². The van der Waals surface area contributed by atoms with Gasteiger partial charge in [-0.2, -0.15) is 0 Å². The molecule has 1 unspecified atom stereocenters. The van der Waals surface area contributed by atoms with Crippen LogP contribution >= 0.6 is 0 Å². The van der Waals surface area contributed by atoms with Gasteiger partial charge in [0.15, 0.2) is 0 Å². The van der Waals surface area contributed by atoms with Crippen LogP contribution in [0.1, 0.15) is 23.2 Å². The average Bonchev–Trinajstić information content (AvgIpc) is 2.33. The fourth-order valence-corrected chi connectivity index (χ4v) is 1.84. The molecule has 0 radical (unpaired) electrons. The van der Waals surface area contributed by atoms with Crippen LogP contribution in [0.2, 0.25) is 0 Å². The van der Waals surface area contributed by atoms with E-state index in [0.29, 0.717) is 6.61 Å². The molecule has 2 rings (SSSR count). The third kappa shape index (κ3) is 2.94. The van der Waals surface area contributed by atoms with Crippen LogP contribution in [0.25, 0.3) is 0 Å². The molecule has 0 aromatic heterocycles. The quantitative estimate of drug-likeness (QED) is 0.764. The molecule has 1 aliphatic rings. The second kappa shape index (κ2) is 5.14. The number of hydrogen-bond acceptors (Lipinski definition) is 3. The molecule has 0 spiro atoms. The van der Waals surface area contributed by atoms with Crippen molar-refractivity contribution >= 4 is 11.6 Å². The highest BCUT2D eigenvalue weighted by atomic mass is 19.1. The monoisotopic (exact) mass is 238 g/mol. The van der Waals surface area contributed by atoms with Crippen molar-refractivity contribution in [2.75, 3.05) is 18.9 Å². The lowest BCUT2D eigenvalue weighted by atomic mass is 10.1. The number of ether oxygens (including phenoxy) is 1. The van der Waals surface area contributed by atoms with Crippen LogP contribution in [0.4, 0.5) is 10.1 Å². The molecule has 17 heavy (non-hydrogen) atoms. The van der Waals surface area contributed by atoms with Crippen molar-refractivity contribution in [3.05, 3.63) is 29.6 Å². The van der Waals surface area contributed by atoms with Crippen LogP contribution in [0, 0.1) is 5.82 Å². The maximum Gasteiger partial charge on any atom is 0.253 e. The Hall–Kier alpha value is -1.62. The molecule has 92 valence electrons. The van der Waals surface area contributed by atoms with E-state index in [1.54, 1.807) is 0 Å². The number of nitrogens with one attached hydrogen (secondary N) is 1. The van der Waals surface area contributed by atoms with E-state index in [2.05, 4.69) is 5.32 Å². The standard InChI is InChI=1S/C12H15FN2O2/c13-8-3-4-11(14)10(6-8)12(16)15-9-2-1-5-17-7-9/h3-4,6,9H,1-2,5,7,14H2,(H,15,16). The van der Waals surface area contributed by atoms with Crippen molar-refractivity contribution in [3.8, 4) is 0 Å². The van der Waals surface area contributed by atoms with Gasteiger partial charge in [0.1, 0.15) is 5.82 Å². The van der Waals surface area contributed by atoms with E-state index >= 15 is 0 Å². The van der Waals surface area contributed by atoms with Gasteiger partial charge in [0.25, 0.3) is 5.91 Å². The van der Waals surface area contributed by atoms with Crippen molar-refractivity contribution in [1.82, 2.24) is 5.32 Å². The summed E-state index contributed by atoms with van der Waals surface area (Å²) in [5.74, 6) is -0.818. The van der Waals surface area contributed by atoms with Gasteiger partial charge in [0.05, 0.1) is 18.2 Å². The molecule has 0 aliphatic carbocycles. The van der Waals surface area contributed by atoms with Crippen molar-refractivity contribution < 1.29 is 13.9 Å². The Bertz CT molecular complexity index is 417. The molecule has 4 nitrogen and oxygen atoms in total. The van der Waals surface area contributed by atoms with Crippen LogP contribution < -0.4 is 11.1 Å². The largest absolute Gasteiger partial charge is 0.398 e. The smallest absolute Gasteiger partial charge is 0.253 e. The molecule has 0 saturated carbocycles. The van der Waals surface area contributed by atoms with Crippen molar-refractivity contribution in [1.29, 1.82) is 0 Å². The number of nitrogens with two attached hydrogens (primary N) is 1. The lowest BCUT2D eigenvalue weighted by molar-refractivity contribution is 0.0624. The summed E-state index contributed by atoms with van der Waals surface area (Å²) in [6.45, 7) is 1.23. The molecule has 1 aliphatic heterocycles. The summed E-state index contributed by atoms with van der Waals surface area (Å²) in [7, 11) is 0. The van der Waals surface area contributed by atoms with Crippen LogP contribution in [0.3, 0.4) is 0 Å². The second-order valence-corrected chi connectivity index (χ2v) is 4.12. The van der Waals surface area contributed by atoms with Gasteiger partial charge in [-0.15, -0.1) is 0 Å². The maximum absolute atomic E-state index is 13.0. The third-order valence-corrected chi connectivity index (χ3v) is 2.76. The topological polar surface area (TPSA) is 64.4 Å². The Balaban J connectivity index is 2.05. The van der Waals surface area contributed by atoms with E-state index in [9.17, 15) is 9.18 Å². The fourth-order valence-electron chi connectivity index (χ4n) is 1.84. The fraction of sp³-hybridized carbons (Fsp3) is 0.417. The van der Waals surface area contributed by atoms with E-state index in [0.717, 1.165) is 25.5 Å². The molecule has 1 saturated heterocycles. The summed E-state index contributed by atoms with van der Waals surface area (Å²) in [5.41, 5.74) is 6.09. The first-order valence-corrected chi connectivity index (χ1v) is 5.60. The predicted octanol–water partition coefficient (Wildman–Crippen LogP) is 1.32. The molecule has 1 heterocycles. The molecule has 1 amide bonds. The highest BCUT2D eigenvalue weighted by Crippen LogP contribution is 2.14. The molecule has 0 bridgehead atoms. The third-order valence-electron chi connectivity index (χ3n) is 2.76. The van der Waals surface area contributed by atoms with Gasteiger partial charge < -0.3 is 15.8 Å². The van der Waals surface area contributed by atoms with Gasteiger partial charge in [0, 0.05) is 12.3 Å². The summed E-state index contributed by atoms with van der Waals surface area (Å²) in [5, 5.41) is 2.79. The van der Waals surface area contributed by atoms with Crippen LogP contribution in [0.15, 0.2) is 18.2 Å². The second-order valence-electron chi connectivity index (χ2n) is 4.12. The van der Waals surface area contributed by atoms with Gasteiger partial charge in [-0.1, -0.05) is 0 Å². The number of carbonyl (C=O) groups excluding carboxylic acids is 1. The van der Waals surface area contributed by atoms with Crippen molar-refractivity contribution in [2.45, 2.75) is 18.9 Å². The van der Waals surface area contributed by atoms with E-state index in [4.69, 9.17) is 10.5 Å². The summed E-state index contributed by atoms with van der Waals surface area (Å²) >= 11 is 0.